The number of nitrogens with one attached hydrogen (secondary N) is 2. The Bertz CT molecular complexity index is 572. The molecule has 0 aliphatic rings. The van der Waals surface area contributed by atoms with Crippen molar-refractivity contribution in [2.24, 2.45) is 0 Å². The van der Waals surface area contributed by atoms with Crippen LogP contribution in [0.5, 0.6) is 5.75 Å². The van der Waals surface area contributed by atoms with Gasteiger partial charge in [0.25, 0.3) is 0 Å². The summed E-state index contributed by atoms with van der Waals surface area (Å²) in [7, 11) is 4.76. The minimum absolute atomic E-state index is 0.113. The number of rotatable bonds is 12. The van der Waals surface area contributed by atoms with Gasteiger partial charge in [-0.15, -0.1) is 0 Å². The second-order valence-corrected chi connectivity index (χ2v) is 5.79. The highest BCUT2D eigenvalue weighted by molar-refractivity contribution is 5.96. The number of ether oxygens (including phenoxy) is 3. The molecule has 1 aromatic carbocycles. The van der Waals surface area contributed by atoms with Crippen LogP contribution in [0, 0.1) is 6.92 Å². The fraction of sp³-hybridized carbons (Fsp3) is 0.556. The predicted octanol–water partition coefficient (Wildman–Crippen LogP) is 0.653. The van der Waals surface area contributed by atoms with Crippen LogP contribution in [-0.2, 0) is 19.1 Å². The van der Waals surface area contributed by atoms with E-state index in [1.165, 1.54) is 7.11 Å². The van der Waals surface area contributed by atoms with Gasteiger partial charge < -0.3 is 24.8 Å². The van der Waals surface area contributed by atoms with Crippen LogP contribution in [0.2, 0.25) is 0 Å². The molecule has 0 radical (unpaired) electrons. The average molecular weight is 367 g/mol. The summed E-state index contributed by atoms with van der Waals surface area (Å²) in [5.74, 6) is 0.0201. The number of methoxy groups -OCH3 is 3. The van der Waals surface area contributed by atoms with E-state index in [9.17, 15) is 9.59 Å². The van der Waals surface area contributed by atoms with Crippen molar-refractivity contribution in [2.75, 3.05) is 66.0 Å². The van der Waals surface area contributed by atoms with Crippen LogP contribution >= 0.6 is 0 Å². The van der Waals surface area contributed by atoms with Gasteiger partial charge in [-0.05, 0) is 24.6 Å². The topological polar surface area (TPSA) is 89.1 Å². The number of carbonyl (C=O) groups is 2. The smallest absolute Gasteiger partial charge is 0.243 e. The number of amides is 2. The monoisotopic (exact) mass is 367 g/mol. The fourth-order valence-corrected chi connectivity index (χ4v) is 2.26. The van der Waals surface area contributed by atoms with E-state index in [-0.39, 0.29) is 24.9 Å². The Kier molecular flexibility index (Phi) is 10.3. The lowest BCUT2D eigenvalue weighted by atomic mass is 10.2. The maximum atomic E-state index is 12.1. The maximum absolute atomic E-state index is 12.1. The fourth-order valence-electron chi connectivity index (χ4n) is 2.26. The Morgan fingerprint density at radius 3 is 2.27 bits per heavy atom. The van der Waals surface area contributed by atoms with E-state index < -0.39 is 0 Å². The molecule has 146 valence electrons. The van der Waals surface area contributed by atoms with Crippen LogP contribution in [0.4, 0.5) is 5.69 Å². The molecule has 0 saturated carbocycles. The molecule has 0 aromatic heterocycles. The van der Waals surface area contributed by atoms with Crippen LogP contribution in [0.3, 0.4) is 0 Å². The molecule has 8 heteroatoms. The predicted molar refractivity (Wildman–Crippen MR) is 99.6 cm³/mol. The number of benzene rings is 1. The molecule has 0 aliphatic carbocycles. The molecule has 26 heavy (non-hydrogen) atoms. The van der Waals surface area contributed by atoms with Gasteiger partial charge in [-0.2, -0.15) is 0 Å². The first-order chi connectivity index (χ1) is 12.5. The van der Waals surface area contributed by atoms with E-state index in [0.717, 1.165) is 5.56 Å². The van der Waals surface area contributed by atoms with Gasteiger partial charge in [-0.3, -0.25) is 14.5 Å². The zero-order valence-corrected chi connectivity index (χ0v) is 16.0. The Morgan fingerprint density at radius 1 is 1.04 bits per heavy atom. The normalized spacial score (nSPS) is 10.7. The summed E-state index contributed by atoms with van der Waals surface area (Å²) in [5.41, 5.74) is 1.57. The lowest BCUT2D eigenvalue weighted by Crippen LogP contribution is -2.42. The van der Waals surface area contributed by atoms with E-state index in [2.05, 4.69) is 10.6 Å². The zero-order chi connectivity index (χ0) is 19.4. The molecule has 0 saturated heterocycles. The number of hydrogen-bond acceptors (Lipinski definition) is 6. The minimum Gasteiger partial charge on any atom is -0.495 e. The van der Waals surface area contributed by atoms with Crippen LogP contribution in [-0.4, -0.2) is 77.4 Å². The van der Waals surface area contributed by atoms with Crippen LogP contribution in [0.1, 0.15) is 5.56 Å². The van der Waals surface area contributed by atoms with Crippen molar-refractivity contribution in [2.45, 2.75) is 6.92 Å². The SMILES string of the molecule is COCCN(CCOC)CC(=O)NCC(=O)Nc1cc(C)ccc1OC. The summed E-state index contributed by atoms with van der Waals surface area (Å²) in [6, 6.07) is 5.49. The molecule has 0 atom stereocenters. The summed E-state index contributed by atoms with van der Waals surface area (Å²) in [6.07, 6.45) is 0. The van der Waals surface area contributed by atoms with Gasteiger partial charge in [0, 0.05) is 27.3 Å². The van der Waals surface area contributed by atoms with Crippen molar-refractivity contribution in [1.29, 1.82) is 0 Å². The van der Waals surface area contributed by atoms with Gasteiger partial charge >= 0.3 is 0 Å². The first kappa shape index (κ1) is 21.9. The van der Waals surface area contributed by atoms with Gasteiger partial charge in [-0.1, -0.05) is 6.07 Å². The molecule has 0 unspecified atom stereocenters. The molecule has 0 bridgehead atoms. The molecule has 1 aromatic rings. The third-order valence-electron chi connectivity index (χ3n) is 3.67. The number of anilines is 1. The second kappa shape index (κ2) is 12.2. The number of aryl methyl sites for hydroxylation is 1. The lowest BCUT2D eigenvalue weighted by Gasteiger charge is -2.20. The van der Waals surface area contributed by atoms with E-state index >= 15 is 0 Å². The van der Waals surface area contributed by atoms with Crippen molar-refractivity contribution < 1.29 is 23.8 Å². The molecular formula is C18H29N3O5. The van der Waals surface area contributed by atoms with Gasteiger partial charge in [0.2, 0.25) is 11.8 Å². The minimum atomic E-state index is -0.317. The third kappa shape index (κ3) is 8.28. The van der Waals surface area contributed by atoms with E-state index in [1.807, 2.05) is 24.0 Å². The van der Waals surface area contributed by atoms with Crippen molar-refractivity contribution >= 4 is 17.5 Å². The second-order valence-electron chi connectivity index (χ2n) is 5.79. The summed E-state index contributed by atoms with van der Waals surface area (Å²) >= 11 is 0. The lowest BCUT2D eigenvalue weighted by molar-refractivity contribution is -0.125. The third-order valence-corrected chi connectivity index (χ3v) is 3.67. The molecule has 0 fully saturated rings. The standard InChI is InChI=1S/C18H29N3O5/c1-14-5-6-16(26-4)15(11-14)20-17(22)12-19-18(23)13-21(7-9-24-2)8-10-25-3/h5-6,11H,7-10,12-13H2,1-4H3,(H,19,23)(H,20,22). The number of hydrogen-bond donors (Lipinski definition) is 2. The molecule has 8 nitrogen and oxygen atoms in total. The van der Waals surface area contributed by atoms with Crippen LogP contribution in [0.25, 0.3) is 0 Å². The molecular weight excluding hydrogens is 338 g/mol. The zero-order valence-electron chi connectivity index (χ0n) is 16.0. The van der Waals surface area contributed by atoms with Gasteiger partial charge in [0.1, 0.15) is 5.75 Å². The maximum Gasteiger partial charge on any atom is 0.243 e. The molecule has 0 spiro atoms. The Hall–Kier alpha value is -2.16. The van der Waals surface area contributed by atoms with E-state index in [0.29, 0.717) is 37.7 Å². The van der Waals surface area contributed by atoms with Gasteiger partial charge in [0.05, 0.1) is 39.1 Å². The first-order valence-corrected chi connectivity index (χ1v) is 8.41. The average Bonchev–Trinajstić information content (AvgIpc) is 2.62. The summed E-state index contributed by atoms with van der Waals surface area (Å²) in [4.78, 5) is 26.1. The highest BCUT2D eigenvalue weighted by Crippen LogP contribution is 2.24. The van der Waals surface area contributed by atoms with Crippen LogP contribution in [0.15, 0.2) is 18.2 Å². The van der Waals surface area contributed by atoms with Crippen molar-refractivity contribution in [3.05, 3.63) is 23.8 Å². The van der Waals surface area contributed by atoms with E-state index in [1.54, 1.807) is 20.3 Å². The highest BCUT2D eigenvalue weighted by Gasteiger charge is 2.13. The largest absolute Gasteiger partial charge is 0.495 e. The Morgan fingerprint density at radius 2 is 1.69 bits per heavy atom. The van der Waals surface area contributed by atoms with Crippen LogP contribution < -0.4 is 15.4 Å². The molecule has 1 rings (SSSR count). The molecule has 0 heterocycles. The van der Waals surface area contributed by atoms with Crippen molar-refractivity contribution in [3.63, 3.8) is 0 Å². The molecule has 0 aliphatic heterocycles. The Balaban J connectivity index is 2.47. The summed E-state index contributed by atoms with van der Waals surface area (Å²) < 4.78 is 15.3. The Labute approximate surface area is 154 Å². The van der Waals surface area contributed by atoms with Crippen molar-refractivity contribution in [1.82, 2.24) is 10.2 Å². The summed E-state index contributed by atoms with van der Waals surface area (Å²) in [5, 5.41) is 5.37. The van der Waals surface area contributed by atoms with E-state index in [4.69, 9.17) is 14.2 Å². The first-order valence-electron chi connectivity index (χ1n) is 8.41. The van der Waals surface area contributed by atoms with Gasteiger partial charge in [0.15, 0.2) is 0 Å². The summed E-state index contributed by atoms with van der Waals surface area (Å²) in [6.45, 7) is 4.24. The molecule has 2 amide bonds. The molecule has 2 N–H and O–H groups in total. The number of carbonyl (C=O) groups excluding carboxylic acids is 2. The quantitative estimate of drug-likeness (QED) is 0.564. The van der Waals surface area contributed by atoms with Gasteiger partial charge in [-0.25, -0.2) is 0 Å². The van der Waals surface area contributed by atoms with Crippen molar-refractivity contribution in [3.8, 4) is 5.75 Å². The number of nitrogens with zero attached hydrogens (tertiary/aromatic N) is 1. The highest BCUT2D eigenvalue weighted by atomic mass is 16.5.